The molecule has 21 heavy (non-hydrogen) atoms. The van der Waals surface area contributed by atoms with E-state index in [0.717, 1.165) is 5.56 Å². The number of pyridine rings is 1. The Morgan fingerprint density at radius 1 is 1.29 bits per heavy atom. The molecule has 0 atom stereocenters. The van der Waals surface area contributed by atoms with E-state index in [1.807, 2.05) is 6.07 Å². The summed E-state index contributed by atoms with van der Waals surface area (Å²) in [5.41, 5.74) is 6.88. The van der Waals surface area contributed by atoms with Crippen molar-refractivity contribution < 1.29 is 9.18 Å². The Bertz CT molecular complexity index is 729. The minimum atomic E-state index is -0.581. The summed E-state index contributed by atoms with van der Waals surface area (Å²) >= 11 is 0. The van der Waals surface area contributed by atoms with Gasteiger partial charge in [0.2, 0.25) is 0 Å². The van der Waals surface area contributed by atoms with E-state index >= 15 is 0 Å². The zero-order valence-corrected chi connectivity index (χ0v) is 11.2. The van der Waals surface area contributed by atoms with Crippen LogP contribution in [0.25, 0.3) is 0 Å². The van der Waals surface area contributed by atoms with Crippen LogP contribution in [0, 0.1) is 5.82 Å². The van der Waals surface area contributed by atoms with E-state index in [0.29, 0.717) is 17.8 Å². The minimum absolute atomic E-state index is 0.188. The second kappa shape index (κ2) is 5.32. The van der Waals surface area contributed by atoms with Gasteiger partial charge in [-0.25, -0.2) is 14.4 Å². The van der Waals surface area contributed by atoms with Gasteiger partial charge in [0.1, 0.15) is 11.5 Å². The van der Waals surface area contributed by atoms with Crippen LogP contribution >= 0.6 is 0 Å². The third-order valence-corrected chi connectivity index (χ3v) is 3.27. The van der Waals surface area contributed by atoms with Crippen molar-refractivity contribution in [2.45, 2.75) is 13.0 Å². The topological polar surface area (TPSA) is 71.6 Å². The molecule has 0 saturated carbocycles. The van der Waals surface area contributed by atoms with Crippen molar-refractivity contribution in [3.8, 4) is 0 Å². The van der Waals surface area contributed by atoms with Gasteiger partial charge in [-0.15, -0.1) is 0 Å². The fourth-order valence-electron chi connectivity index (χ4n) is 2.24. The molecule has 106 valence electrons. The molecule has 3 rings (SSSR count). The maximum Gasteiger partial charge on any atom is 0.265 e. The van der Waals surface area contributed by atoms with Gasteiger partial charge in [-0.1, -0.05) is 24.3 Å². The Morgan fingerprint density at radius 3 is 2.86 bits per heavy atom. The fraction of sp³-hybridized carbons (Fsp3) is 0.133. The number of hydrazone groups is 1. The zero-order chi connectivity index (χ0) is 14.8. The van der Waals surface area contributed by atoms with Gasteiger partial charge in [0, 0.05) is 23.7 Å². The van der Waals surface area contributed by atoms with Crippen molar-refractivity contribution in [3.63, 3.8) is 0 Å². The number of benzene rings is 1. The Balaban J connectivity index is 2.00. The molecule has 2 heterocycles. The van der Waals surface area contributed by atoms with Gasteiger partial charge in [0.15, 0.2) is 5.82 Å². The molecule has 0 fully saturated rings. The first-order chi connectivity index (χ1) is 10.1. The third-order valence-electron chi connectivity index (χ3n) is 3.27. The first-order valence-electron chi connectivity index (χ1n) is 6.47. The first kappa shape index (κ1) is 13.2. The number of primary amides is 1. The van der Waals surface area contributed by atoms with Crippen molar-refractivity contribution in [1.82, 2.24) is 4.98 Å². The molecule has 5 nitrogen and oxygen atoms in total. The molecular formula is C15H13FN4O. The van der Waals surface area contributed by atoms with E-state index in [1.165, 1.54) is 11.1 Å². The van der Waals surface area contributed by atoms with Gasteiger partial charge in [-0.05, 0) is 12.1 Å². The highest BCUT2D eigenvalue weighted by Crippen LogP contribution is 2.25. The number of carbonyl (C=O) groups excluding carboxylic acids is 1. The Morgan fingerprint density at radius 2 is 2.10 bits per heavy atom. The Kier molecular flexibility index (Phi) is 3.35. The summed E-state index contributed by atoms with van der Waals surface area (Å²) in [4.78, 5) is 15.7. The lowest BCUT2D eigenvalue weighted by atomic mass is 10.1. The van der Waals surface area contributed by atoms with Crippen molar-refractivity contribution in [3.05, 3.63) is 59.5 Å². The fourth-order valence-corrected chi connectivity index (χ4v) is 2.24. The number of anilines is 1. The van der Waals surface area contributed by atoms with E-state index in [-0.39, 0.29) is 18.1 Å². The lowest BCUT2D eigenvalue weighted by Crippen LogP contribution is -2.34. The second-order valence-corrected chi connectivity index (χ2v) is 4.72. The van der Waals surface area contributed by atoms with E-state index in [1.54, 1.807) is 30.5 Å². The molecule has 0 spiro atoms. The highest BCUT2D eigenvalue weighted by atomic mass is 19.1. The van der Waals surface area contributed by atoms with E-state index in [9.17, 15) is 9.18 Å². The van der Waals surface area contributed by atoms with Crippen molar-refractivity contribution in [2.24, 2.45) is 10.8 Å². The summed E-state index contributed by atoms with van der Waals surface area (Å²) in [6.07, 6.45) is 1.98. The molecule has 2 aromatic rings. The van der Waals surface area contributed by atoms with Gasteiger partial charge in [0.25, 0.3) is 5.91 Å². The number of fused-ring (bicyclic) bond motifs is 1. The van der Waals surface area contributed by atoms with Crippen molar-refractivity contribution in [1.29, 1.82) is 0 Å². The van der Waals surface area contributed by atoms with Crippen LogP contribution in [0.1, 0.15) is 11.1 Å². The van der Waals surface area contributed by atoms with Crippen LogP contribution in [0.15, 0.2) is 47.7 Å². The molecule has 2 N–H and O–H groups in total. The predicted molar refractivity (Wildman–Crippen MR) is 77.2 cm³/mol. The number of rotatable bonds is 3. The summed E-state index contributed by atoms with van der Waals surface area (Å²) in [5.74, 6) is -0.287. The van der Waals surface area contributed by atoms with Crippen molar-refractivity contribution in [2.75, 3.05) is 5.01 Å². The number of amides is 1. The van der Waals surface area contributed by atoms with Gasteiger partial charge >= 0.3 is 0 Å². The molecular weight excluding hydrogens is 271 g/mol. The molecule has 1 aromatic carbocycles. The number of nitrogens with two attached hydrogens (primary N) is 1. The largest absolute Gasteiger partial charge is 0.364 e. The summed E-state index contributed by atoms with van der Waals surface area (Å²) in [6.45, 7) is 0.188. The van der Waals surface area contributed by atoms with Crippen LogP contribution in [0.3, 0.4) is 0 Å². The monoisotopic (exact) mass is 284 g/mol. The Hall–Kier alpha value is -2.76. The minimum Gasteiger partial charge on any atom is -0.364 e. The quantitative estimate of drug-likeness (QED) is 0.931. The lowest BCUT2D eigenvalue weighted by molar-refractivity contribution is -0.112. The van der Waals surface area contributed by atoms with Crippen LogP contribution in [0.2, 0.25) is 0 Å². The Labute approximate surface area is 120 Å². The standard InChI is InChI=1S/C15H13FN4O/c16-12-6-2-1-4-11(12)9-20-15-10(5-3-7-18-15)8-13(19-20)14(17)21/h1-7H,8-9H2,(H2,17,21). The number of halogens is 1. The second-order valence-electron chi connectivity index (χ2n) is 4.72. The third kappa shape index (κ3) is 2.60. The smallest absolute Gasteiger partial charge is 0.265 e. The zero-order valence-electron chi connectivity index (χ0n) is 11.2. The molecule has 0 unspecified atom stereocenters. The normalized spacial score (nSPS) is 13.6. The van der Waals surface area contributed by atoms with Crippen LogP contribution in [-0.2, 0) is 17.8 Å². The lowest BCUT2D eigenvalue weighted by Gasteiger charge is -2.25. The molecule has 1 aromatic heterocycles. The first-order valence-corrected chi connectivity index (χ1v) is 6.47. The van der Waals surface area contributed by atoms with Crippen molar-refractivity contribution >= 4 is 17.4 Å². The average Bonchev–Trinajstić information content (AvgIpc) is 2.49. The van der Waals surface area contributed by atoms with Crippen LogP contribution in [-0.4, -0.2) is 16.6 Å². The predicted octanol–water partition coefficient (Wildman–Crippen LogP) is 1.62. The van der Waals surface area contributed by atoms with E-state index in [4.69, 9.17) is 5.73 Å². The molecule has 6 heteroatoms. The molecule has 0 radical (unpaired) electrons. The maximum absolute atomic E-state index is 13.8. The molecule has 1 aliphatic heterocycles. The van der Waals surface area contributed by atoms with Gasteiger partial charge in [-0.3, -0.25) is 4.79 Å². The highest BCUT2D eigenvalue weighted by Gasteiger charge is 2.23. The summed E-state index contributed by atoms with van der Waals surface area (Å²) in [7, 11) is 0. The number of nitrogens with zero attached hydrogens (tertiary/aromatic N) is 3. The van der Waals surface area contributed by atoms with Gasteiger partial charge in [-0.2, -0.15) is 5.10 Å². The van der Waals surface area contributed by atoms with Gasteiger partial charge in [0.05, 0.1) is 6.54 Å². The molecule has 0 aliphatic carbocycles. The van der Waals surface area contributed by atoms with E-state index in [2.05, 4.69) is 10.1 Å². The maximum atomic E-state index is 13.8. The van der Waals surface area contributed by atoms with Gasteiger partial charge < -0.3 is 5.73 Å². The highest BCUT2D eigenvalue weighted by molar-refractivity contribution is 6.39. The molecule has 1 amide bonds. The average molecular weight is 284 g/mol. The summed E-state index contributed by atoms with van der Waals surface area (Å²) < 4.78 is 13.8. The van der Waals surface area contributed by atoms with Crippen LogP contribution < -0.4 is 10.7 Å². The number of hydrogen-bond acceptors (Lipinski definition) is 4. The summed E-state index contributed by atoms with van der Waals surface area (Å²) in [6, 6.07) is 10.1. The number of carbonyl (C=O) groups is 1. The van der Waals surface area contributed by atoms with Crippen LogP contribution in [0.4, 0.5) is 10.2 Å². The number of aromatic nitrogens is 1. The summed E-state index contributed by atoms with van der Waals surface area (Å²) in [5, 5.41) is 5.72. The molecule has 1 aliphatic rings. The molecule has 0 bridgehead atoms. The SMILES string of the molecule is NC(=O)C1=NN(Cc2ccccc2F)c2ncccc2C1. The van der Waals surface area contributed by atoms with Crippen LogP contribution in [0.5, 0.6) is 0 Å². The van der Waals surface area contributed by atoms with E-state index < -0.39 is 5.91 Å². The number of hydrogen-bond donors (Lipinski definition) is 1. The molecule has 0 saturated heterocycles.